The monoisotopic (exact) mass is 442 g/mol. The van der Waals surface area contributed by atoms with Crippen molar-refractivity contribution < 1.29 is 23.6 Å². The molecule has 1 aliphatic rings. The van der Waals surface area contributed by atoms with Gasteiger partial charge in [-0.15, -0.1) is 0 Å². The van der Waals surface area contributed by atoms with Gasteiger partial charge < -0.3 is 14.0 Å². The predicted octanol–water partition coefficient (Wildman–Crippen LogP) is 2.11. The zero-order valence-electron chi connectivity index (χ0n) is 17.2. The van der Waals surface area contributed by atoms with E-state index in [9.17, 15) is 14.1 Å². The lowest BCUT2D eigenvalue weighted by Crippen LogP contribution is -2.33. The number of carbonyl (C=O) groups excluding carboxylic acids is 2. The molecule has 1 N–H and O–H groups in total. The van der Waals surface area contributed by atoms with Crippen molar-refractivity contribution in [1.82, 2.24) is 19.9 Å². The Balaban J connectivity index is 1.42. The lowest BCUT2D eigenvalue weighted by Gasteiger charge is -2.16. The highest BCUT2D eigenvalue weighted by molar-refractivity contribution is 7.90. The number of ether oxygens (including phenoxy) is 2. The molecule has 0 spiro atoms. The Morgan fingerprint density at radius 3 is 2.74 bits per heavy atom. The predicted molar refractivity (Wildman–Crippen MR) is 113 cm³/mol. The highest BCUT2D eigenvalue weighted by Gasteiger charge is 2.28. The van der Waals surface area contributed by atoms with Crippen LogP contribution in [0.2, 0.25) is 0 Å². The molecular formula is C21H22N4O5S. The van der Waals surface area contributed by atoms with Gasteiger partial charge in [-0.05, 0) is 25.1 Å². The van der Waals surface area contributed by atoms with Crippen LogP contribution in [0.5, 0.6) is 11.5 Å². The van der Waals surface area contributed by atoms with E-state index in [1.807, 2.05) is 19.1 Å². The van der Waals surface area contributed by atoms with Crippen molar-refractivity contribution in [3.8, 4) is 11.5 Å². The topological polar surface area (TPSA) is 120 Å². The zero-order valence-corrected chi connectivity index (χ0v) is 18.0. The van der Waals surface area contributed by atoms with E-state index in [-0.39, 0.29) is 43.6 Å². The number of imidazole rings is 1. The largest absolute Gasteiger partial charge is 0.609 e. The molecule has 10 heteroatoms. The van der Waals surface area contributed by atoms with Crippen LogP contribution in [0.1, 0.15) is 24.1 Å². The minimum atomic E-state index is -1.43. The third-order valence-electron chi connectivity index (χ3n) is 5.14. The summed E-state index contributed by atoms with van der Waals surface area (Å²) >= 11 is -1.43. The van der Waals surface area contributed by atoms with Gasteiger partial charge in [0.1, 0.15) is 18.1 Å². The number of aromatic amines is 1. The summed E-state index contributed by atoms with van der Waals surface area (Å²) in [5.74, 6) is 1.09. The average molecular weight is 442 g/mol. The number of nitrogens with one attached hydrogen (secondary N) is 1. The Morgan fingerprint density at radius 2 is 2.00 bits per heavy atom. The summed E-state index contributed by atoms with van der Waals surface area (Å²) in [4.78, 5) is 36.4. The lowest BCUT2D eigenvalue weighted by atomic mass is 10.2. The highest BCUT2D eigenvalue weighted by Crippen LogP contribution is 2.25. The summed E-state index contributed by atoms with van der Waals surface area (Å²) in [6, 6.07) is 7.13. The van der Waals surface area contributed by atoms with Crippen molar-refractivity contribution in [2.24, 2.45) is 0 Å². The van der Waals surface area contributed by atoms with Crippen LogP contribution in [0.25, 0.3) is 11.0 Å². The number of aromatic nitrogens is 3. The van der Waals surface area contributed by atoms with E-state index in [1.165, 1.54) is 4.90 Å². The summed E-state index contributed by atoms with van der Waals surface area (Å²) in [6.45, 7) is 2.24. The van der Waals surface area contributed by atoms with Crippen LogP contribution in [-0.4, -0.2) is 56.5 Å². The van der Waals surface area contributed by atoms with Gasteiger partial charge in [0.2, 0.25) is 11.8 Å². The van der Waals surface area contributed by atoms with Gasteiger partial charge in [-0.2, -0.15) is 4.98 Å². The number of hydrogen-bond acceptors (Lipinski definition) is 7. The standard InChI is InChI=1S/C21H22N4O5S/c1-13-17(12-31(28)21-23-15-4-3-14(29-2)11-16(15)24-21)22-8-7-18(13)30-10-9-25-19(26)5-6-20(25)27/h3-4,7-8,11H,5-6,9-10,12H2,1-2H3,(H,23,24). The second kappa shape index (κ2) is 8.94. The molecule has 0 aliphatic carbocycles. The number of carbonyl (C=O) groups is 2. The van der Waals surface area contributed by atoms with Crippen LogP contribution in [0.15, 0.2) is 35.6 Å². The maximum atomic E-state index is 12.9. The molecule has 3 heterocycles. The first kappa shape index (κ1) is 21.1. The second-order valence-electron chi connectivity index (χ2n) is 7.08. The van der Waals surface area contributed by atoms with E-state index in [0.29, 0.717) is 27.9 Å². The number of methoxy groups -OCH3 is 1. The molecule has 9 nitrogen and oxygen atoms in total. The van der Waals surface area contributed by atoms with Gasteiger partial charge >= 0.3 is 5.16 Å². The van der Waals surface area contributed by atoms with E-state index in [4.69, 9.17) is 9.47 Å². The lowest BCUT2D eigenvalue weighted by molar-refractivity contribution is -0.138. The number of hydrogen-bond donors (Lipinski definition) is 1. The van der Waals surface area contributed by atoms with Gasteiger partial charge in [0, 0.05) is 41.8 Å². The molecule has 0 radical (unpaired) electrons. The summed E-state index contributed by atoms with van der Waals surface area (Å²) < 4.78 is 23.9. The van der Waals surface area contributed by atoms with Crippen molar-refractivity contribution in [3.63, 3.8) is 0 Å². The number of amides is 2. The number of fused-ring (bicyclic) bond motifs is 1. The van der Waals surface area contributed by atoms with Crippen LogP contribution in [0.3, 0.4) is 0 Å². The van der Waals surface area contributed by atoms with E-state index >= 15 is 0 Å². The third kappa shape index (κ3) is 4.49. The average Bonchev–Trinajstić information content (AvgIpc) is 3.33. The molecule has 1 saturated heterocycles. The van der Waals surface area contributed by atoms with Crippen molar-refractivity contribution in [2.75, 3.05) is 20.3 Å². The Bertz CT molecular complexity index is 1120. The van der Waals surface area contributed by atoms with E-state index in [0.717, 1.165) is 11.1 Å². The Labute approximate surface area is 182 Å². The van der Waals surface area contributed by atoms with E-state index in [1.54, 1.807) is 25.4 Å². The molecule has 1 aliphatic heterocycles. The normalized spacial score (nSPS) is 15.0. The number of imide groups is 1. The molecule has 162 valence electrons. The molecule has 1 unspecified atom stereocenters. The number of likely N-dealkylation sites (tertiary alicyclic amines) is 1. The molecule has 1 atom stereocenters. The number of benzene rings is 1. The van der Waals surface area contributed by atoms with E-state index in [2.05, 4.69) is 15.0 Å². The van der Waals surface area contributed by atoms with Crippen LogP contribution in [0, 0.1) is 6.92 Å². The molecule has 1 fully saturated rings. The molecule has 3 aromatic rings. The minimum absolute atomic E-state index is 0.167. The molecule has 2 amide bonds. The van der Waals surface area contributed by atoms with Gasteiger partial charge in [-0.3, -0.25) is 24.5 Å². The minimum Gasteiger partial charge on any atom is -0.609 e. The van der Waals surface area contributed by atoms with E-state index < -0.39 is 11.2 Å². The van der Waals surface area contributed by atoms with Crippen LogP contribution < -0.4 is 9.47 Å². The maximum Gasteiger partial charge on any atom is 0.322 e. The van der Waals surface area contributed by atoms with Gasteiger partial charge in [-0.1, -0.05) is 0 Å². The van der Waals surface area contributed by atoms with Crippen molar-refractivity contribution in [1.29, 1.82) is 0 Å². The van der Waals surface area contributed by atoms with Gasteiger partial charge in [0.05, 0.1) is 30.4 Å². The summed E-state index contributed by atoms with van der Waals surface area (Å²) in [5, 5.41) is 0.363. The number of H-pyrrole nitrogens is 1. The molecular weight excluding hydrogens is 420 g/mol. The highest BCUT2D eigenvalue weighted by atomic mass is 32.2. The molecule has 0 saturated carbocycles. The quantitative estimate of drug-likeness (QED) is 0.419. The fourth-order valence-corrected chi connectivity index (χ4v) is 4.47. The summed E-state index contributed by atoms with van der Waals surface area (Å²) in [7, 11) is 1.58. The summed E-state index contributed by atoms with van der Waals surface area (Å²) in [5.41, 5.74) is 2.84. The van der Waals surface area contributed by atoms with Crippen molar-refractivity contribution in [3.05, 3.63) is 41.7 Å². The molecule has 0 bridgehead atoms. The van der Waals surface area contributed by atoms with Crippen molar-refractivity contribution >= 4 is 34.0 Å². The SMILES string of the molecule is COc1ccc2[nH]c([S+]([O-])Cc3nccc(OCCN4C(=O)CCC4=O)c3C)nc2c1. The fraction of sp³-hybridized carbons (Fsp3) is 0.333. The van der Waals surface area contributed by atoms with Gasteiger partial charge in [-0.25, -0.2) is 0 Å². The first-order valence-corrected chi connectivity index (χ1v) is 11.1. The van der Waals surface area contributed by atoms with Crippen molar-refractivity contribution in [2.45, 2.75) is 30.7 Å². The molecule has 4 rings (SSSR count). The molecule has 31 heavy (non-hydrogen) atoms. The van der Waals surface area contributed by atoms with Gasteiger partial charge in [0.25, 0.3) is 0 Å². The summed E-state index contributed by atoms with van der Waals surface area (Å²) in [6.07, 6.45) is 2.11. The van der Waals surface area contributed by atoms with Crippen LogP contribution in [0.4, 0.5) is 0 Å². The number of nitrogens with zero attached hydrogens (tertiary/aromatic N) is 3. The Morgan fingerprint density at radius 1 is 1.23 bits per heavy atom. The second-order valence-corrected chi connectivity index (χ2v) is 8.45. The maximum absolute atomic E-state index is 12.9. The molecule has 2 aromatic heterocycles. The molecule has 1 aromatic carbocycles. The third-order valence-corrected chi connectivity index (χ3v) is 6.30. The zero-order chi connectivity index (χ0) is 22.0. The smallest absolute Gasteiger partial charge is 0.322 e. The Hall–Kier alpha value is -3.11. The fourth-order valence-electron chi connectivity index (χ4n) is 3.37. The van der Waals surface area contributed by atoms with Crippen LogP contribution in [-0.2, 0) is 26.5 Å². The number of pyridine rings is 1. The first-order chi connectivity index (χ1) is 15.0. The van der Waals surface area contributed by atoms with Crippen LogP contribution >= 0.6 is 0 Å². The number of rotatable bonds is 8. The first-order valence-electron chi connectivity index (χ1n) is 9.79. The Kier molecular flexibility index (Phi) is 6.10. The van der Waals surface area contributed by atoms with Gasteiger partial charge in [0.15, 0.2) is 5.75 Å².